The van der Waals surface area contributed by atoms with E-state index in [1.54, 1.807) is 0 Å². The molecule has 1 aliphatic rings. The first-order valence-electron chi connectivity index (χ1n) is 9.24. The molecule has 3 rings (SSSR count). The van der Waals surface area contributed by atoms with Crippen LogP contribution in [0, 0.1) is 5.92 Å². The fourth-order valence-electron chi connectivity index (χ4n) is 3.76. The van der Waals surface area contributed by atoms with Crippen LogP contribution in [-0.2, 0) is 5.60 Å². The molecule has 2 aromatic carbocycles. The van der Waals surface area contributed by atoms with Gasteiger partial charge in [0, 0.05) is 18.7 Å². The molecule has 1 fully saturated rings. The third kappa shape index (κ3) is 3.83. The molecule has 3 nitrogen and oxygen atoms in total. The van der Waals surface area contributed by atoms with Gasteiger partial charge in [-0.05, 0) is 24.9 Å². The lowest BCUT2D eigenvalue weighted by atomic mass is 9.72. The second-order valence-electron chi connectivity index (χ2n) is 6.98. The highest BCUT2D eigenvalue weighted by atomic mass is 16.3. The second kappa shape index (κ2) is 7.94. The Hall–Kier alpha value is -1.97. The summed E-state index contributed by atoms with van der Waals surface area (Å²) in [5, 5.41) is 11.5. The zero-order valence-corrected chi connectivity index (χ0v) is 14.9. The monoisotopic (exact) mass is 337 g/mol. The van der Waals surface area contributed by atoms with Crippen LogP contribution in [0.1, 0.15) is 42.1 Å². The Balaban J connectivity index is 1.92. The van der Waals surface area contributed by atoms with Crippen LogP contribution in [0.25, 0.3) is 0 Å². The highest BCUT2D eigenvalue weighted by Crippen LogP contribution is 2.39. The largest absolute Gasteiger partial charge is 0.384 e. The van der Waals surface area contributed by atoms with Gasteiger partial charge in [0.15, 0.2) is 5.78 Å². The molecule has 1 aliphatic heterocycles. The molecule has 1 heterocycles. The number of hydrogen-bond donors (Lipinski definition) is 1. The van der Waals surface area contributed by atoms with E-state index in [1.165, 1.54) is 0 Å². The zero-order valence-electron chi connectivity index (χ0n) is 14.9. The topological polar surface area (TPSA) is 40.5 Å². The minimum absolute atomic E-state index is 0.0353. The van der Waals surface area contributed by atoms with Gasteiger partial charge in [0.25, 0.3) is 0 Å². The summed E-state index contributed by atoms with van der Waals surface area (Å²) in [5.41, 5.74) is 0.426. The standard InChI is InChI=1S/C22H27NO2/c1-2-3-15-23-16-14-22(25,19-12-8-5-9-13-19)20(17-23)21(24)18-10-6-4-7-11-18/h4-13,20,25H,2-3,14-17H2,1H3/t20-,22+/m1/s1. The average molecular weight is 337 g/mol. The SMILES string of the molecule is CCCCN1CC[C@](O)(c2ccccc2)[C@@H](C(=O)c2ccccc2)C1. The van der Waals surface area contributed by atoms with E-state index in [9.17, 15) is 9.90 Å². The molecule has 0 radical (unpaired) electrons. The summed E-state index contributed by atoms with van der Waals surface area (Å²) >= 11 is 0. The van der Waals surface area contributed by atoms with Crippen LogP contribution in [0.15, 0.2) is 60.7 Å². The van der Waals surface area contributed by atoms with Gasteiger partial charge >= 0.3 is 0 Å². The van der Waals surface area contributed by atoms with Crippen LogP contribution < -0.4 is 0 Å². The number of carbonyl (C=O) groups excluding carboxylic acids is 1. The third-order valence-electron chi connectivity index (χ3n) is 5.30. The molecule has 0 saturated carbocycles. The number of ketones is 1. The van der Waals surface area contributed by atoms with Crippen molar-refractivity contribution >= 4 is 5.78 Å². The molecule has 0 aromatic heterocycles. The van der Waals surface area contributed by atoms with E-state index in [0.717, 1.165) is 31.5 Å². The average Bonchev–Trinajstić information content (AvgIpc) is 2.68. The number of benzene rings is 2. The summed E-state index contributed by atoms with van der Waals surface area (Å²) in [7, 11) is 0. The first-order valence-corrected chi connectivity index (χ1v) is 9.24. The van der Waals surface area contributed by atoms with Crippen LogP contribution in [0.2, 0.25) is 0 Å². The van der Waals surface area contributed by atoms with E-state index in [1.807, 2.05) is 60.7 Å². The maximum Gasteiger partial charge on any atom is 0.170 e. The van der Waals surface area contributed by atoms with Crippen molar-refractivity contribution in [3.05, 3.63) is 71.8 Å². The van der Waals surface area contributed by atoms with Gasteiger partial charge in [0.1, 0.15) is 5.60 Å². The van der Waals surface area contributed by atoms with Crippen molar-refractivity contribution in [1.29, 1.82) is 0 Å². The van der Waals surface area contributed by atoms with Crippen molar-refractivity contribution < 1.29 is 9.90 Å². The number of unbranched alkanes of at least 4 members (excludes halogenated alkanes) is 1. The van der Waals surface area contributed by atoms with Gasteiger partial charge in [-0.1, -0.05) is 74.0 Å². The fraction of sp³-hybridized carbons (Fsp3) is 0.409. The Morgan fingerprint density at radius 2 is 1.76 bits per heavy atom. The maximum absolute atomic E-state index is 13.2. The van der Waals surface area contributed by atoms with Gasteiger partial charge in [0.2, 0.25) is 0 Å². The Kier molecular flexibility index (Phi) is 5.67. The predicted molar refractivity (Wildman–Crippen MR) is 101 cm³/mol. The number of hydrogen-bond acceptors (Lipinski definition) is 3. The lowest BCUT2D eigenvalue weighted by Gasteiger charge is -2.44. The molecule has 1 saturated heterocycles. The van der Waals surface area contributed by atoms with E-state index >= 15 is 0 Å². The van der Waals surface area contributed by atoms with Crippen LogP contribution in [0.4, 0.5) is 0 Å². The van der Waals surface area contributed by atoms with Crippen molar-refractivity contribution in [2.24, 2.45) is 5.92 Å². The second-order valence-corrected chi connectivity index (χ2v) is 6.98. The quantitative estimate of drug-likeness (QED) is 0.813. The molecule has 2 aromatic rings. The maximum atomic E-state index is 13.2. The van der Waals surface area contributed by atoms with E-state index in [2.05, 4.69) is 11.8 Å². The summed E-state index contributed by atoms with van der Waals surface area (Å²) in [6.07, 6.45) is 2.84. The number of nitrogens with zero attached hydrogens (tertiary/aromatic N) is 1. The van der Waals surface area contributed by atoms with Crippen molar-refractivity contribution in [3.8, 4) is 0 Å². The predicted octanol–water partition coefficient (Wildman–Crippen LogP) is 3.88. The smallest absolute Gasteiger partial charge is 0.170 e. The van der Waals surface area contributed by atoms with Gasteiger partial charge in [-0.2, -0.15) is 0 Å². The molecule has 132 valence electrons. The number of carbonyl (C=O) groups is 1. The first-order chi connectivity index (χ1) is 12.1. The van der Waals surface area contributed by atoms with Crippen LogP contribution >= 0.6 is 0 Å². The zero-order chi connectivity index (χ0) is 17.7. The van der Waals surface area contributed by atoms with E-state index in [4.69, 9.17) is 0 Å². The normalized spacial score (nSPS) is 24.2. The Bertz CT molecular complexity index is 686. The van der Waals surface area contributed by atoms with Gasteiger partial charge < -0.3 is 10.0 Å². The Morgan fingerprint density at radius 1 is 1.12 bits per heavy atom. The minimum atomic E-state index is -1.10. The molecule has 0 unspecified atom stereocenters. The van der Waals surface area contributed by atoms with Gasteiger partial charge in [-0.15, -0.1) is 0 Å². The van der Waals surface area contributed by atoms with E-state index in [-0.39, 0.29) is 5.78 Å². The van der Waals surface area contributed by atoms with Crippen molar-refractivity contribution in [2.45, 2.75) is 31.8 Å². The van der Waals surface area contributed by atoms with Crippen LogP contribution in [0.5, 0.6) is 0 Å². The number of Topliss-reactive ketones (excluding diaryl/α,β-unsaturated/α-hetero) is 1. The molecule has 0 amide bonds. The molecule has 1 N–H and O–H groups in total. The number of aliphatic hydroxyl groups is 1. The Morgan fingerprint density at radius 3 is 2.40 bits per heavy atom. The summed E-state index contributed by atoms with van der Waals surface area (Å²) in [5.74, 6) is -0.406. The molecule has 25 heavy (non-hydrogen) atoms. The first kappa shape index (κ1) is 17.8. The van der Waals surface area contributed by atoms with E-state index < -0.39 is 11.5 Å². The lowest BCUT2D eigenvalue weighted by molar-refractivity contribution is -0.0642. The highest BCUT2D eigenvalue weighted by molar-refractivity contribution is 5.98. The number of rotatable bonds is 6. The molecule has 0 bridgehead atoms. The van der Waals surface area contributed by atoms with Crippen LogP contribution in [-0.4, -0.2) is 35.4 Å². The molecule has 2 atom stereocenters. The molecule has 0 aliphatic carbocycles. The van der Waals surface area contributed by atoms with Gasteiger partial charge in [-0.25, -0.2) is 0 Å². The van der Waals surface area contributed by atoms with Crippen molar-refractivity contribution in [3.63, 3.8) is 0 Å². The summed E-state index contributed by atoms with van der Waals surface area (Å²) in [6, 6.07) is 19.0. The van der Waals surface area contributed by atoms with E-state index in [0.29, 0.717) is 18.5 Å². The number of piperidine rings is 1. The van der Waals surface area contributed by atoms with Crippen molar-refractivity contribution in [2.75, 3.05) is 19.6 Å². The Labute approximate surface area is 150 Å². The molecular formula is C22H27NO2. The summed E-state index contributed by atoms with van der Waals surface area (Å²) < 4.78 is 0. The van der Waals surface area contributed by atoms with Crippen molar-refractivity contribution in [1.82, 2.24) is 4.90 Å². The number of likely N-dealkylation sites (tertiary alicyclic amines) is 1. The van der Waals surface area contributed by atoms with Crippen LogP contribution in [0.3, 0.4) is 0 Å². The highest BCUT2D eigenvalue weighted by Gasteiger charge is 2.46. The third-order valence-corrected chi connectivity index (χ3v) is 5.30. The molecular weight excluding hydrogens is 310 g/mol. The minimum Gasteiger partial charge on any atom is -0.384 e. The van der Waals surface area contributed by atoms with Gasteiger partial charge in [0.05, 0.1) is 5.92 Å². The molecule has 0 spiro atoms. The fourth-order valence-corrected chi connectivity index (χ4v) is 3.76. The summed E-state index contributed by atoms with van der Waals surface area (Å²) in [4.78, 5) is 15.5. The lowest BCUT2D eigenvalue weighted by Crippen LogP contribution is -2.53. The summed E-state index contributed by atoms with van der Waals surface area (Å²) in [6.45, 7) is 4.60. The molecule has 3 heteroatoms. The van der Waals surface area contributed by atoms with Gasteiger partial charge in [-0.3, -0.25) is 4.79 Å².